The Hall–Kier alpha value is -1.06. The van der Waals surface area contributed by atoms with Crippen molar-refractivity contribution in [3.05, 3.63) is 35.9 Å². The van der Waals surface area contributed by atoms with Gasteiger partial charge in [0, 0.05) is 12.5 Å². The van der Waals surface area contributed by atoms with Crippen LogP contribution in [-0.4, -0.2) is 23.7 Å². The van der Waals surface area contributed by atoms with Gasteiger partial charge in [-0.15, -0.1) is 12.4 Å². The smallest absolute Gasteiger partial charge is 0.321 e. The Kier molecular flexibility index (Phi) is 3.49. The number of hydrogen-bond acceptors (Lipinski definition) is 2. The molecule has 1 aliphatic heterocycles. The van der Waals surface area contributed by atoms with E-state index in [1.165, 1.54) is 0 Å². The first kappa shape index (κ1) is 11.0. The number of hydrogen-bond donors (Lipinski definition) is 2. The molecule has 2 N–H and O–H groups in total. The Morgan fingerprint density at radius 1 is 1.36 bits per heavy atom. The molecule has 4 heteroatoms. The zero-order valence-electron chi connectivity index (χ0n) is 7.51. The maximum atomic E-state index is 10.7. The molecule has 2 unspecified atom stereocenters. The molecule has 1 aliphatic rings. The highest BCUT2D eigenvalue weighted by molar-refractivity contribution is 5.85. The second-order valence-corrected chi connectivity index (χ2v) is 3.24. The van der Waals surface area contributed by atoms with E-state index in [1.54, 1.807) is 0 Å². The number of carboxylic acid groups (broad SMARTS) is 1. The van der Waals surface area contributed by atoms with Crippen LogP contribution in [0.3, 0.4) is 0 Å². The molecule has 14 heavy (non-hydrogen) atoms. The molecule has 1 heterocycles. The van der Waals surface area contributed by atoms with Crippen LogP contribution in [0.5, 0.6) is 0 Å². The standard InChI is InChI=1S/C10H11NO2.ClH/c12-10(13)9-8(6-11-9)7-4-2-1-3-5-7;/h1-5,8-9,11H,6H2,(H,12,13);1H. The minimum Gasteiger partial charge on any atom is -0.480 e. The molecule has 1 aromatic rings. The SMILES string of the molecule is Cl.O=C(O)C1NCC1c1ccccc1. The van der Waals surface area contributed by atoms with Gasteiger partial charge in [0.1, 0.15) is 6.04 Å². The number of carbonyl (C=O) groups is 1. The van der Waals surface area contributed by atoms with E-state index < -0.39 is 12.0 Å². The van der Waals surface area contributed by atoms with Gasteiger partial charge in [-0.2, -0.15) is 0 Å². The third-order valence-corrected chi connectivity index (χ3v) is 2.45. The fraction of sp³-hybridized carbons (Fsp3) is 0.300. The third kappa shape index (κ3) is 1.89. The molecular weight excluding hydrogens is 202 g/mol. The first-order valence-corrected chi connectivity index (χ1v) is 4.30. The van der Waals surface area contributed by atoms with E-state index in [0.717, 1.165) is 12.1 Å². The summed E-state index contributed by atoms with van der Waals surface area (Å²) in [7, 11) is 0. The Bertz CT molecular complexity index is 315. The molecule has 76 valence electrons. The lowest BCUT2D eigenvalue weighted by Gasteiger charge is -2.35. The monoisotopic (exact) mass is 213 g/mol. The van der Waals surface area contributed by atoms with Gasteiger partial charge in [0.25, 0.3) is 0 Å². The minimum absolute atomic E-state index is 0. The summed E-state index contributed by atoms with van der Waals surface area (Å²) in [6.45, 7) is 0.765. The average molecular weight is 214 g/mol. The van der Waals surface area contributed by atoms with Crippen LogP contribution in [0, 0.1) is 0 Å². The molecule has 0 amide bonds. The van der Waals surface area contributed by atoms with Crippen molar-refractivity contribution in [2.45, 2.75) is 12.0 Å². The van der Waals surface area contributed by atoms with Crippen LogP contribution < -0.4 is 5.32 Å². The Morgan fingerprint density at radius 3 is 2.43 bits per heavy atom. The van der Waals surface area contributed by atoms with Crippen LogP contribution in [0.1, 0.15) is 11.5 Å². The molecule has 1 saturated heterocycles. The Labute approximate surface area is 88.5 Å². The maximum Gasteiger partial charge on any atom is 0.321 e. The largest absolute Gasteiger partial charge is 0.480 e. The molecule has 0 saturated carbocycles. The van der Waals surface area contributed by atoms with Crippen LogP contribution in [0.4, 0.5) is 0 Å². The van der Waals surface area contributed by atoms with Crippen molar-refractivity contribution in [2.24, 2.45) is 0 Å². The Morgan fingerprint density at radius 2 is 2.00 bits per heavy atom. The van der Waals surface area contributed by atoms with Gasteiger partial charge < -0.3 is 10.4 Å². The summed E-state index contributed by atoms with van der Waals surface area (Å²) in [6.07, 6.45) is 0. The molecule has 1 aromatic carbocycles. The summed E-state index contributed by atoms with van der Waals surface area (Å²) < 4.78 is 0. The van der Waals surface area contributed by atoms with Gasteiger partial charge in [0.15, 0.2) is 0 Å². The van der Waals surface area contributed by atoms with E-state index in [0.29, 0.717) is 0 Å². The summed E-state index contributed by atoms with van der Waals surface area (Å²) in [5.74, 6) is -0.626. The molecule has 2 atom stereocenters. The second kappa shape index (κ2) is 4.44. The summed E-state index contributed by atoms with van der Waals surface area (Å²) >= 11 is 0. The highest BCUT2D eigenvalue weighted by Gasteiger charge is 2.36. The number of benzene rings is 1. The van der Waals surface area contributed by atoms with Gasteiger partial charge in [0.2, 0.25) is 0 Å². The van der Waals surface area contributed by atoms with Crippen molar-refractivity contribution in [1.29, 1.82) is 0 Å². The van der Waals surface area contributed by atoms with E-state index in [9.17, 15) is 4.79 Å². The molecule has 0 bridgehead atoms. The topological polar surface area (TPSA) is 49.3 Å². The van der Waals surface area contributed by atoms with E-state index in [1.807, 2.05) is 30.3 Å². The number of rotatable bonds is 2. The highest BCUT2D eigenvalue weighted by atomic mass is 35.5. The highest BCUT2D eigenvalue weighted by Crippen LogP contribution is 2.25. The van der Waals surface area contributed by atoms with E-state index >= 15 is 0 Å². The summed E-state index contributed by atoms with van der Waals surface area (Å²) in [5, 5.41) is 11.7. The molecule has 0 aromatic heterocycles. The van der Waals surface area contributed by atoms with Gasteiger partial charge in [-0.3, -0.25) is 4.79 Å². The summed E-state index contributed by atoms with van der Waals surface area (Å²) in [4.78, 5) is 10.7. The van der Waals surface area contributed by atoms with Gasteiger partial charge >= 0.3 is 5.97 Å². The van der Waals surface area contributed by atoms with Gasteiger partial charge in [-0.1, -0.05) is 30.3 Å². The quantitative estimate of drug-likeness (QED) is 0.778. The van der Waals surface area contributed by atoms with Crippen LogP contribution in [0.15, 0.2) is 30.3 Å². The molecular formula is C10H12ClNO2. The molecule has 0 aliphatic carbocycles. The van der Waals surface area contributed by atoms with Gasteiger partial charge in [0.05, 0.1) is 0 Å². The number of aliphatic carboxylic acids is 1. The fourth-order valence-electron chi connectivity index (χ4n) is 1.62. The number of halogens is 1. The summed E-state index contributed by atoms with van der Waals surface area (Å²) in [5.41, 5.74) is 1.11. The average Bonchev–Trinajstić information content (AvgIpc) is 2.02. The zero-order valence-corrected chi connectivity index (χ0v) is 8.33. The van der Waals surface area contributed by atoms with Crippen molar-refractivity contribution in [1.82, 2.24) is 5.32 Å². The van der Waals surface area contributed by atoms with Crippen molar-refractivity contribution in [3.63, 3.8) is 0 Å². The van der Waals surface area contributed by atoms with Crippen LogP contribution in [0.2, 0.25) is 0 Å². The lowest BCUT2D eigenvalue weighted by molar-refractivity contribution is -0.142. The molecule has 2 rings (SSSR count). The van der Waals surface area contributed by atoms with Crippen LogP contribution >= 0.6 is 12.4 Å². The predicted molar refractivity (Wildman–Crippen MR) is 55.9 cm³/mol. The van der Waals surface area contributed by atoms with E-state index in [-0.39, 0.29) is 18.3 Å². The number of carboxylic acids is 1. The van der Waals surface area contributed by atoms with Crippen LogP contribution in [-0.2, 0) is 4.79 Å². The summed E-state index contributed by atoms with van der Waals surface area (Å²) in [6, 6.07) is 9.36. The van der Waals surface area contributed by atoms with Crippen LogP contribution in [0.25, 0.3) is 0 Å². The maximum absolute atomic E-state index is 10.7. The third-order valence-electron chi connectivity index (χ3n) is 2.45. The second-order valence-electron chi connectivity index (χ2n) is 3.24. The predicted octanol–water partition coefficient (Wildman–Crippen LogP) is 1.25. The van der Waals surface area contributed by atoms with E-state index in [4.69, 9.17) is 5.11 Å². The van der Waals surface area contributed by atoms with Crippen molar-refractivity contribution in [2.75, 3.05) is 6.54 Å². The van der Waals surface area contributed by atoms with Crippen molar-refractivity contribution < 1.29 is 9.90 Å². The number of nitrogens with one attached hydrogen (secondary N) is 1. The molecule has 0 radical (unpaired) electrons. The Balaban J connectivity index is 0.000000980. The van der Waals surface area contributed by atoms with Gasteiger partial charge in [-0.05, 0) is 5.56 Å². The normalized spacial score (nSPS) is 24.6. The lowest BCUT2D eigenvalue weighted by Crippen LogP contribution is -2.55. The minimum atomic E-state index is -0.764. The fourth-order valence-corrected chi connectivity index (χ4v) is 1.62. The van der Waals surface area contributed by atoms with Crippen molar-refractivity contribution in [3.8, 4) is 0 Å². The zero-order chi connectivity index (χ0) is 9.26. The van der Waals surface area contributed by atoms with Crippen molar-refractivity contribution >= 4 is 18.4 Å². The molecule has 3 nitrogen and oxygen atoms in total. The van der Waals surface area contributed by atoms with Gasteiger partial charge in [-0.25, -0.2) is 0 Å². The molecule has 1 fully saturated rings. The lowest BCUT2D eigenvalue weighted by atomic mass is 9.85. The first-order valence-electron chi connectivity index (χ1n) is 4.30. The van der Waals surface area contributed by atoms with E-state index in [2.05, 4.69) is 5.32 Å². The first-order chi connectivity index (χ1) is 6.29. The molecule has 0 spiro atoms.